The van der Waals surface area contributed by atoms with Crippen LogP contribution >= 0.6 is 0 Å². The zero-order valence-corrected chi connectivity index (χ0v) is 10.4. The van der Waals surface area contributed by atoms with Crippen LogP contribution in [0.1, 0.15) is 39.0 Å². The average molecular weight is 236 g/mol. The highest BCUT2D eigenvalue weighted by atomic mass is 16.2. The van der Waals surface area contributed by atoms with Gasteiger partial charge in [-0.15, -0.1) is 0 Å². The zero-order valence-electron chi connectivity index (χ0n) is 10.4. The number of amides is 2. The van der Waals surface area contributed by atoms with Crippen molar-refractivity contribution < 1.29 is 9.59 Å². The molecule has 1 atom stereocenters. The third kappa shape index (κ3) is 3.08. The zero-order chi connectivity index (χ0) is 12.3. The Morgan fingerprint density at radius 3 is 2.94 bits per heavy atom. The van der Waals surface area contributed by atoms with E-state index < -0.39 is 0 Å². The van der Waals surface area contributed by atoms with Crippen molar-refractivity contribution in [1.29, 1.82) is 0 Å². The molecule has 0 bridgehead atoms. The van der Waals surface area contributed by atoms with Crippen LogP contribution in [0.15, 0.2) is 11.6 Å². The van der Waals surface area contributed by atoms with Crippen molar-refractivity contribution in [2.24, 2.45) is 0 Å². The molecule has 1 saturated heterocycles. The van der Waals surface area contributed by atoms with E-state index >= 15 is 0 Å². The molecule has 0 aromatic heterocycles. The van der Waals surface area contributed by atoms with Crippen LogP contribution in [0, 0.1) is 0 Å². The normalized spacial score (nSPS) is 25.6. The first-order valence-electron chi connectivity index (χ1n) is 6.43. The van der Waals surface area contributed by atoms with Gasteiger partial charge in [0.2, 0.25) is 11.8 Å². The summed E-state index contributed by atoms with van der Waals surface area (Å²) in [7, 11) is 0. The van der Waals surface area contributed by atoms with Crippen molar-refractivity contribution >= 4 is 11.8 Å². The summed E-state index contributed by atoms with van der Waals surface area (Å²) in [6, 6.07) is -0.373. The molecule has 0 saturated carbocycles. The number of hydrogen-bond donors (Lipinski definition) is 1. The largest absolute Gasteiger partial charge is 0.345 e. The number of rotatable bonds is 3. The maximum atomic E-state index is 12.0. The summed E-state index contributed by atoms with van der Waals surface area (Å²) in [6.45, 7) is 3.07. The molecule has 1 aliphatic carbocycles. The molecule has 4 nitrogen and oxygen atoms in total. The van der Waals surface area contributed by atoms with Gasteiger partial charge in [-0.3, -0.25) is 9.59 Å². The second kappa shape index (κ2) is 5.34. The van der Waals surface area contributed by atoms with Crippen LogP contribution in [0.3, 0.4) is 0 Å². The number of nitrogens with zero attached hydrogens (tertiary/aromatic N) is 1. The van der Waals surface area contributed by atoms with Gasteiger partial charge in [-0.1, -0.05) is 11.6 Å². The Bertz CT molecular complexity index is 349. The molecular formula is C13H20N2O2. The Balaban J connectivity index is 1.89. The second-order valence-corrected chi connectivity index (χ2v) is 4.87. The van der Waals surface area contributed by atoms with Crippen LogP contribution in [0.4, 0.5) is 0 Å². The molecule has 2 amide bonds. The molecule has 2 aliphatic rings. The van der Waals surface area contributed by atoms with E-state index in [2.05, 4.69) is 11.4 Å². The summed E-state index contributed by atoms with van der Waals surface area (Å²) in [6.07, 6.45) is 7.28. The van der Waals surface area contributed by atoms with Crippen LogP contribution in [0.5, 0.6) is 0 Å². The lowest BCUT2D eigenvalue weighted by molar-refractivity contribution is -0.133. The lowest BCUT2D eigenvalue weighted by Crippen LogP contribution is -2.42. The van der Waals surface area contributed by atoms with Gasteiger partial charge in [0.15, 0.2) is 0 Å². The molecule has 1 unspecified atom stereocenters. The number of hydrogen-bond acceptors (Lipinski definition) is 2. The van der Waals surface area contributed by atoms with Crippen molar-refractivity contribution in [1.82, 2.24) is 10.2 Å². The minimum Gasteiger partial charge on any atom is -0.345 e. The van der Waals surface area contributed by atoms with Crippen molar-refractivity contribution in [3.8, 4) is 0 Å². The van der Waals surface area contributed by atoms with Gasteiger partial charge in [0.25, 0.3) is 0 Å². The molecule has 1 fully saturated rings. The fourth-order valence-corrected chi connectivity index (χ4v) is 2.46. The molecule has 0 aromatic carbocycles. The summed E-state index contributed by atoms with van der Waals surface area (Å²) in [5.41, 5.74) is 1.47. The van der Waals surface area contributed by atoms with Crippen LogP contribution in [0.25, 0.3) is 0 Å². The lowest BCUT2D eigenvalue weighted by Gasteiger charge is -2.22. The third-order valence-electron chi connectivity index (χ3n) is 3.51. The SMILES string of the molecule is CC1NC(=O)CCN(CCC2=CCCC2)C1=O. The average Bonchev–Trinajstić information content (AvgIpc) is 2.77. The van der Waals surface area contributed by atoms with E-state index in [-0.39, 0.29) is 17.9 Å². The van der Waals surface area contributed by atoms with E-state index in [9.17, 15) is 9.59 Å². The number of carbonyl (C=O) groups is 2. The molecule has 4 heteroatoms. The molecule has 0 aromatic rings. The van der Waals surface area contributed by atoms with Crippen LogP contribution in [-0.2, 0) is 9.59 Å². The smallest absolute Gasteiger partial charge is 0.244 e. The van der Waals surface area contributed by atoms with Gasteiger partial charge in [-0.25, -0.2) is 0 Å². The predicted octanol–water partition coefficient (Wildman–Crippen LogP) is 1.22. The highest BCUT2D eigenvalue weighted by Crippen LogP contribution is 2.21. The fourth-order valence-electron chi connectivity index (χ4n) is 2.46. The Kier molecular flexibility index (Phi) is 3.82. The van der Waals surface area contributed by atoms with Gasteiger partial charge in [-0.2, -0.15) is 0 Å². The Morgan fingerprint density at radius 2 is 2.24 bits per heavy atom. The van der Waals surface area contributed by atoms with E-state index in [1.807, 2.05) is 4.90 Å². The molecule has 0 radical (unpaired) electrons. The van der Waals surface area contributed by atoms with Gasteiger partial charge in [-0.05, 0) is 32.6 Å². The summed E-state index contributed by atoms with van der Waals surface area (Å²) in [4.78, 5) is 25.2. The van der Waals surface area contributed by atoms with E-state index in [1.54, 1.807) is 6.92 Å². The summed E-state index contributed by atoms with van der Waals surface area (Å²) >= 11 is 0. The summed E-state index contributed by atoms with van der Waals surface area (Å²) in [5, 5.41) is 2.70. The minimum atomic E-state index is -0.373. The Morgan fingerprint density at radius 1 is 1.41 bits per heavy atom. The summed E-state index contributed by atoms with van der Waals surface area (Å²) in [5.74, 6) is 0.0304. The van der Waals surface area contributed by atoms with Gasteiger partial charge in [0.05, 0.1) is 0 Å². The maximum Gasteiger partial charge on any atom is 0.244 e. The van der Waals surface area contributed by atoms with Gasteiger partial charge < -0.3 is 10.2 Å². The third-order valence-corrected chi connectivity index (χ3v) is 3.51. The predicted molar refractivity (Wildman–Crippen MR) is 65.4 cm³/mol. The molecular weight excluding hydrogens is 216 g/mol. The quantitative estimate of drug-likeness (QED) is 0.749. The van der Waals surface area contributed by atoms with Crippen molar-refractivity contribution in [2.45, 2.75) is 45.1 Å². The molecule has 0 spiro atoms. The minimum absolute atomic E-state index is 0.0200. The summed E-state index contributed by atoms with van der Waals surface area (Å²) < 4.78 is 0. The molecule has 94 valence electrons. The Hall–Kier alpha value is -1.32. The van der Waals surface area contributed by atoms with E-state index in [1.165, 1.54) is 24.8 Å². The van der Waals surface area contributed by atoms with E-state index in [0.29, 0.717) is 13.0 Å². The molecule has 1 heterocycles. The van der Waals surface area contributed by atoms with E-state index in [4.69, 9.17) is 0 Å². The van der Waals surface area contributed by atoms with Crippen molar-refractivity contribution in [3.05, 3.63) is 11.6 Å². The first kappa shape index (κ1) is 12.1. The molecule has 1 aliphatic heterocycles. The topological polar surface area (TPSA) is 49.4 Å². The first-order valence-corrected chi connectivity index (χ1v) is 6.43. The highest BCUT2D eigenvalue weighted by molar-refractivity contribution is 5.89. The number of carbonyl (C=O) groups excluding carboxylic acids is 2. The maximum absolute atomic E-state index is 12.0. The molecule has 2 rings (SSSR count). The lowest BCUT2D eigenvalue weighted by atomic mass is 10.1. The van der Waals surface area contributed by atoms with Gasteiger partial charge in [0, 0.05) is 19.5 Å². The number of allylic oxidation sites excluding steroid dienone is 1. The standard InChI is InChI=1S/C13H20N2O2/c1-10-13(17)15(9-7-12(16)14-10)8-6-11-4-2-3-5-11/h4,10H,2-3,5-9H2,1H3,(H,14,16). The van der Waals surface area contributed by atoms with Crippen molar-refractivity contribution in [2.75, 3.05) is 13.1 Å². The Labute approximate surface area is 102 Å². The van der Waals surface area contributed by atoms with Crippen LogP contribution < -0.4 is 5.32 Å². The highest BCUT2D eigenvalue weighted by Gasteiger charge is 2.26. The van der Waals surface area contributed by atoms with Gasteiger partial charge >= 0.3 is 0 Å². The van der Waals surface area contributed by atoms with Crippen molar-refractivity contribution in [3.63, 3.8) is 0 Å². The first-order chi connectivity index (χ1) is 8.16. The van der Waals surface area contributed by atoms with Crippen LogP contribution in [0.2, 0.25) is 0 Å². The molecule has 17 heavy (non-hydrogen) atoms. The fraction of sp³-hybridized carbons (Fsp3) is 0.692. The number of nitrogens with one attached hydrogen (secondary N) is 1. The second-order valence-electron chi connectivity index (χ2n) is 4.87. The molecule has 1 N–H and O–H groups in total. The van der Waals surface area contributed by atoms with Gasteiger partial charge in [0.1, 0.15) is 6.04 Å². The van der Waals surface area contributed by atoms with Crippen LogP contribution in [-0.4, -0.2) is 35.8 Å². The monoisotopic (exact) mass is 236 g/mol. The van der Waals surface area contributed by atoms with E-state index in [0.717, 1.165) is 13.0 Å².